The molecule has 5 rings (SSSR count). The molecule has 3 saturated carbocycles. The fourth-order valence-corrected chi connectivity index (χ4v) is 8.51. The van der Waals surface area contributed by atoms with Crippen molar-refractivity contribution in [2.24, 2.45) is 29.1 Å². The van der Waals surface area contributed by atoms with Crippen LogP contribution in [0.15, 0.2) is 30.3 Å². The van der Waals surface area contributed by atoms with E-state index in [-0.39, 0.29) is 42.0 Å². The summed E-state index contributed by atoms with van der Waals surface area (Å²) in [6, 6.07) is 4.91. The normalized spacial score (nSPS) is 25.2. The average Bonchev–Trinajstić information content (AvgIpc) is 3.73. The lowest BCUT2D eigenvalue weighted by molar-refractivity contribution is -0.149. The number of likely N-dealkylation sites (tertiary alicyclic amines) is 1. The molecule has 1 aromatic carbocycles. The molecule has 4 fully saturated rings. The third kappa shape index (κ3) is 8.50. The van der Waals surface area contributed by atoms with Crippen molar-refractivity contribution in [3.8, 4) is 0 Å². The largest absolute Gasteiger partial charge is 0.347 e. The predicted molar refractivity (Wildman–Crippen MR) is 193 cm³/mol. The second kappa shape index (κ2) is 16.2. The molecule has 0 spiro atoms. The van der Waals surface area contributed by atoms with Crippen LogP contribution in [0.25, 0.3) is 0 Å². The quantitative estimate of drug-likeness (QED) is 0.213. The minimum absolute atomic E-state index is 0.0234. The maximum absolute atomic E-state index is 14.6. The SMILES string of the molecule is CCCC(NC(=O)[C@@H]1C2CC([C@H]3C[C@@H]23)N1C(=O)[C@@H](NC(=O)C(C)(C)C)C1CCCCC1)C(=O)C(=O)NCC(=O)N[C@H](C(=O)N(C)C)c1ccccc1. The van der Waals surface area contributed by atoms with E-state index in [0.717, 1.165) is 38.5 Å². The van der Waals surface area contributed by atoms with E-state index in [0.29, 0.717) is 30.2 Å². The standard InChI is InChI=1S/C39H56N6O7/c1-7-14-27(33(47)35(49)40-21-29(46)42-30(36(50)44(5)6)22-15-10-8-11-16-22)41-34(48)32-26-20-28(25-19-24(25)26)45(32)37(51)31(23-17-12-9-13-18-23)43-38(52)39(2,3)4/h8,10-11,15-16,23-28,30-32H,7,9,12-14,17-21H2,1-6H3,(H,40,49)(H,41,48)(H,42,46)(H,43,52)/t24-,25+,26?,27?,28?,30+,31+,32+/m1/s1. The van der Waals surface area contributed by atoms with E-state index in [2.05, 4.69) is 21.3 Å². The summed E-state index contributed by atoms with van der Waals surface area (Å²) >= 11 is 0. The van der Waals surface area contributed by atoms with Gasteiger partial charge in [0.15, 0.2) is 0 Å². The number of amides is 6. The first kappa shape index (κ1) is 38.9. The highest BCUT2D eigenvalue weighted by atomic mass is 16.2. The molecule has 13 heteroatoms. The topological polar surface area (TPSA) is 174 Å². The summed E-state index contributed by atoms with van der Waals surface area (Å²) < 4.78 is 0. The van der Waals surface area contributed by atoms with Crippen molar-refractivity contribution in [3.05, 3.63) is 35.9 Å². The Bertz CT molecular complexity index is 1530. The molecular formula is C39H56N6O7. The molecular weight excluding hydrogens is 664 g/mol. The fourth-order valence-electron chi connectivity index (χ4n) is 8.51. The second-order valence-electron chi connectivity index (χ2n) is 16.4. The van der Waals surface area contributed by atoms with Crippen LogP contribution in [-0.2, 0) is 33.6 Å². The van der Waals surface area contributed by atoms with Gasteiger partial charge in [-0.3, -0.25) is 33.6 Å². The van der Waals surface area contributed by atoms with Gasteiger partial charge in [-0.2, -0.15) is 0 Å². The van der Waals surface area contributed by atoms with E-state index >= 15 is 0 Å². The van der Waals surface area contributed by atoms with Crippen molar-refractivity contribution in [1.82, 2.24) is 31.1 Å². The highest BCUT2D eigenvalue weighted by molar-refractivity contribution is 6.38. The smallest absolute Gasteiger partial charge is 0.290 e. The minimum atomic E-state index is -1.16. The van der Waals surface area contributed by atoms with Crippen molar-refractivity contribution in [2.45, 2.75) is 116 Å². The van der Waals surface area contributed by atoms with Gasteiger partial charge in [0.05, 0.1) is 12.6 Å². The van der Waals surface area contributed by atoms with E-state index in [9.17, 15) is 33.6 Å². The molecule has 13 nitrogen and oxygen atoms in total. The lowest BCUT2D eigenvalue weighted by Crippen LogP contribution is -2.62. The Labute approximate surface area is 306 Å². The van der Waals surface area contributed by atoms with Gasteiger partial charge >= 0.3 is 0 Å². The van der Waals surface area contributed by atoms with Crippen LogP contribution in [0, 0.1) is 29.1 Å². The number of benzene rings is 1. The molecule has 4 N–H and O–H groups in total. The molecule has 284 valence electrons. The number of hydrogen-bond acceptors (Lipinski definition) is 7. The Balaban J connectivity index is 1.26. The summed E-state index contributed by atoms with van der Waals surface area (Å²) in [5, 5.41) is 10.9. The van der Waals surface area contributed by atoms with E-state index in [1.165, 1.54) is 4.90 Å². The molecule has 52 heavy (non-hydrogen) atoms. The molecule has 0 radical (unpaired) electrons. The van der Waals surface area contributed by atoms with Crippen molar-refractivity contribution in [1.29, 1.82) is 0 Å². The number of ketones is 1. The molecule has 4 aliphatic rings. The molecule has 6 amide bonds. The number of likely N-dealkylation sites (N-methyl/N-ethyl adjacent to an activating group) is 1. The Morgan fingerprint density at radius 2 is 1.54 bits per heavy atom. The van der Waals surface area contributed by atoms with Crippen LogP contribution in [0.1, 0.15) is 97.1 Å². The summed E-state index contributed by atoms with van der Waals surface area (Å²) in [7, 11) is 3.14. The minimum Gasteiger partial charge on any atom is -0.347 e. The molecule has 2 bridgehead atoms. The summed E-state index contributed by atoms with van der Waals surface area (Å²) in [6.07, 6.45) is 7.01. The Morgan fingerprint density at radius 3 is 2.15 bits per heavy atom. The Kier molecular flexibility index (Phi) is 12.1. The number of rotatable bonds is 14. The van der Waals surface area contributed by atoms with Gasteiger partial charge in [-0.15, -0.1) is 0 Å². The van der Waals surface area contributed by atoms with Crippen LogP contribution in [-0.4, -0.2) is 95.8 Å². The van der Waals surface area contributed by atoms with Gasteiger partial charge in [0, 0.05) is 25.6 Å². The van der Waals surface area contributed by atoms with Crippen LogP contribution in [0.4, 0.5) is 0 Å². The zero-order valence-corrected chi connectivity index (χ0v) is 31.4. The zero-order valence-electron chi connectivity index (χ0n) is 31.4. The molecule has 8 atom stereocenters. The number of carbonyl (C=O) groups is 7. The third-order valence-corrected chi connectivity index (χ3v) is 11.4. The first-order valence-electron chi connectivity index (χ1n) is 18.9. The molecule has 1 saturated heterocycles. The fraction of sp³-hybridized carbons (Fsp3) is 0.667. The maximum atomic E-state index is 14.6. The van der Waals surface area contributed by atoms with Gasteiger partial charge in [0.25, 0.3) is 5.91 Å². The molecule has 3 aliphatic carbocycles. The number of Topliss-reactive ketones (excluding diaryl/α,β-unsaturated/α-hetero) is 1. The van der Waals surface area contributed by atoms with Crippen molar-refractivity contribution < 1.29 is 33.6 Å². The number of piperidine rings is 1. The molecule has 1 aliphatic heterocycles. The summed E-state index contributed by atoms with van der Waals surface area (Å²) in [5.41, 5.74) is -0.132. The lowest BCUT2D eigenvalue weighted by Gasteiger charge is -2.40. The predicted octanol–water partition coefficient (Wildman–Crippen LogP) is 2.25. The number of hydrogen-bond donors (Lipinski definition) is 4. The van der Waals surface area contributed by atoms with E-state index in [1.807, 2.05) is 27.7 Å². The van der Waals surface area contributed by atoms with Gasteiger partial charge in [0.1, 0.15) is 18.1 Å². The van der Waals surface area contributed by atoms with E-state index in [1.54, 1.807) is 49.3 Å². The number of nitrogens with zero attached hydrogens (tertiary/aromatic N) is 2. The first-order chi connectivity index (χ1) is 24.6. The number of fused-ring (bicyclic) bond motifs is 5. The Morgan fingerprint density at radius 1 is 0.865 bits per heavy atom. The molecule has 3 unspecified atom stereocenters. The lowest BCUT2D eigenvalue weighted by atomic mass is 9.82. The van der Waals surface area contributed by atoms with Crippen LogP contribution in [0.2, 0.25) is 0 Å². The molecule has 1 heterocycles. The highest BCUT2D eigenvalue weighted by Crippen LogP contribution is 2.63. The van der Waals surface area contributed by atoms with Crippen LogP contribution in [0.3, 0.4) is 0 Å². The third-order valence-electron chi connectivity index (χ3n) is 11.4. The highest BCUT2D eigenvalue weighted by Gasteiger charge is 2.67. The van der Waals surface area contributed by atoms with Gasteiger partial charge in [-0.25, -0.2) is 0 Å². The first-order valence-corrected chi connectivity index (χ1v) is 18.9. The monoisotopic (exact) mass is 720 g/mol. The number of nitrogens with one attached hydrogen (secondary N) is 4. The van der Waals surface area contributed by atoms with E-state index in [4.69, 9.17) is 0 Å². The second-order valence-corrected chi connectivity index (χ2v) is 16.4. The average molecular weight is 721 g/mol. The van der Waals surface area contributed by atoms with Crippen molar-refractivity contribution in [3.63, 3.8) is 0 Å². The van der Waals surface area contributed by atoms with E-state index < -0.39 is 59.6 Å². The van der Waals surface area contributed by atoms with Gasteiger partial charge in [-0.05, 0) is 61.3 Å². The molecule has 1 aromatic rings. The summed E-state index contributed by atoms with van der Waals surface area (Å²) in [5.74, 6) is -3.27. The van der Waals surface area contributed by atoms with Gasteiger partial charge < -0.3 is 31.1 Å². The van der Waals surface area contributed by atoms with Crippen LogP contribution < -0.4 is 21.3 Å². The maximum Gasteiger partial charge on any atom is 0.290 e. The zero-order chi connectivity index (χ0) is 37.9. The van der Waals surface area contributed by atoms with Crippen LogP contribution in [0.5, 0.6) is 0 Å². The Hall–Kier alpha value is -4.29. The van der Waals surface area contributed by atoms with Crippen LogP contribution >= 0.6 is 0 Å². The van der Waals surface area contributed by atoms with Gasteiger partial charge in [0.2, 0.25) is 35.3 Å². The summed E-state index contributed by atoms with van der Waals surface area (Å²) in [4.78, 5) is 97.3. The number of carbonyl (C=O) groups excluding carboxylic acids is 7. The summed E-state index contributed by atoms with van der Waals surface area (Å²) in [6.45, 7) is 6.72. The van der Waals surface area contributed by atoms with Gasteiger partial charge in [-0.1, -0.05) is 83.7 Å². The van der Waals surface area contributed by atoms with Crippen molar-refractivity contribution in [2.75, 3.05) is 20.6 Å². The molecule has 0 aromatic heterocycles. The van der Waals surface area contributed by atoms with Crippen molar-refractivity contribution >= 4 is 41.2 Å².